The molecule has 0 aliphatic heterocycles. The molecule has 0 spiro atoms. The average Bonchev–Trinajstić information content (AvgIpc) is 2.47. The molecule has 1 rings (SSSR count). The molecule has 1 heterocycles. The first-order chi connectivity index (χ1) is 6.15. The van der Waals surface area contributed by atoms with E-state index >= 15 is 0 Å². The summed E-state index contributed by atoms with van der Waals surface area (Å²) in [7, 11) is 5.58. The van der Waals surface area contributed by atoms with E-state index in [0.29, 0.717) is 5.57 Å². The van der Waals surface area contributed by atoms with Crippen molar-refractivity contribution in [2.45, 2.75) is 0 Å². The van der Waals surface area contributed by atoms with Crippen molar-refractivity contribution in [1.29, 1.82) is 5.26 Å². The van der Waals surface area contributed by atoms with Gasteiger partial charge in [-0.25, -0.2) is 0 Å². The highest BCUT2D eigenvalue weighted by Gasteiger charge is 2.04. The highest BCUT2D eigenvalue weighted by Crippen LogP contribution is 2.11. The van der Waals surface area contributed by atoms with E-state index in [2.05, 4.69) is 11.2 Å². The van der Waals surface area contributed by atoms with Crippen molar-refractivity contribution in [3.05, 3.63) is 24.2 Å². The number of rotatable bonds is 2. The van der Waals surface area contributed by atoms with E-state index in [0.717, 1.165) is 5.69 Å². The molecule has 0 amide bonds. The maximum absolute atomic E-state index is 8.89. The molecule has 13 heavy (non-hydrogen) atoms. The van der Waals surface area contributed by atoms with E-state index in [9.17, 15) is 0 Å². The second-order valence-electron chi connectivity index (χ2n) is 2.96. The molecule has 0 atom stereocenters. The van der Waals surface area contributed by atoms with Gasteiger partial charge >= 0.3 is 0 Å². The van der Waals surface area contributed by atoms with Crippen molar-refractivity contribution in [3.63, 3.8) is 0 Å². The van der Waals surface area contributed by atoms with Gasteiger partial charge in [-0.3, -0.25) is 4.68 Å². The van der Waals surface area contributed by atoms with Crippen molar-refractivity contribution in [3.8, 4) is 6.07 Å². The average molecular weight is 176 g/mol. The van der Waals surface area contributed by atoms with Crippen LogP contribution in [0.5, 0.6) is 0 Å². The van der Waals surface area contributed by atoms with Gasteiger partial charge in [-0.15, -0.1) is 0 Å². The van der Waals surface area contributed by atoms with Gasteiger partial charge < -0.3 is 4.90 Å². The number of aromatic nitrogens is 2. The quantitative estimate of drug-likeness (QED) is 0.627. The predicted octanol–water partition coefficient (Wildman–Crippen LogP) is 0.846. The van der Waals surface area contributed by atoms with Crippen molar-refractivity contribution >= 4 is 5.57 Å². The van der Waals surface area contributed by atoms with E-state index in [1.54, 1.807) is 17.1 Å². The minimum atomic E-state index is 0.616. The third kappa shape index (κ3) is 2.09. The van der Waals surface area contributed by atoms with Crippen molar-refractivity contribution in [2.75, 3.05) is 14.1 Å². The summed E-state index contributed by atoms with van der Waals surface area (Å²) in [5, 5.41) is 12.9. The minimum Gasteiger partial charge on any atom is -0.382 e. The van der Waals surface area contributed by atoms with Gasteiger partial charge in [-0.2, -0.15) is 10.4 Å². The number of nitriles is 1. The van der Waals surface area contributed by atoms with Crippen LogP contribution in [0.4, 0.5) is 0 Å². The predicted molar refractivity (Wildman–Crippen MR) is 50.5 cm³/mol. The maximum Gasteiger partial charge on any atom is 0.103 e. The molecule has 1 aromatic heterocycles. The van der Waals surface area contributed by atoms with Crippen LogP contribution in [0, 0.1) is 11.3 Å². The third-order valence-corrected chi connectivity index (χ3v) is 1.60. The molecule has 4 heteroatoms. The van der Waals surface area contributed by atoms with Crippen LogP contribution in [0.25, 0.3) is 5.57 Å². The Morgan fingerprint density at radius 1 is 1.69 bits per heavy atom. The fraction of sp³-hybridized carbons (Fsp3) is 0.333. The minimum absolute atomic E-state index is 0.616. The van der Waals surface area contributed by atoms with Gasteiger partial charge in [0.05, 0.1) is 11.3 Å². The Bertz CT molecular complexity index is 354. The number of allylic oxidation sites excluding steroid dienone is 1. The summed E-state index contributed by atoms with van der Waals surface area (Å²) >= 11 is 0. The molecule has 0 saturated carbocycles. The van der Waals surface area contributed by atoms with Crippen LogP contribution < -0.4 is 0 Å². The van der Waals surface area contributed by atoms with Gasteiger partial charge in [0.1, 0.15) is 6.07 Å². The van der Waals surface area contributed by atoms with Crippen molar-refractivity contribution < 1.29 is 0 Å². The Morgan fingerprint density at radius 2 is 2.38 bits per heavy atom. The first-order valence-electron chi connectivity index (χ1n) is 3.92. The molecule has 0 aliphatic rings. The molecule has 0 radical (unpaired) electrons. The molecule has 0 saturated heterocycles. The highest BCUT2D eigenvalue weighted by molar-refractivity contribution is 5.74. The lowest BCUT2D eigenvalue weighted by atomic mass is 10.2. The monoisotopic (exact) mass is 176 g/mol. The zero-order valence-electron chi connectivity index (χ0n) is 8.02. The largest absolute Gasteiger partial charge is 0.382 e. The molecule has 0 unspecified atom stereocenters. The summed E-state index contributed by atoms with van der Waals surface area (Å²) < 4.78 is 1.68. The van der Waals surface area contributed by atoms with Gasteiger partial charge in [0.25, 0.3) is 0 Å². The van der Waals surface area contributed by atoms with E-state index in [1.807, 2.05) is 32.1 Å². The third-order valence-electron chi connectivity index (χ3n) is 1.60. The van der Waals surface area contributed by atoms with Crippen LogP contribution >= 0.6 is 0 Å². The Kier molecular flexibility index (Phi) is 2.70. The summed E-state index contributed by atoms with van der Waals surface area (Å²) in [5.74, 6) is 0. The molecule has 0 fully saturated rings. The molecular weight excluding hydrogens is 164 g/mol. The fourth-order valence-electron chi connectivity index (χ4n) is 1.05. The lowest BCUT2D eigenvalue weighted by molar-refractivity contribution is 0.565. The second kappa shape index (κ2) is 3.76. The lowest BCUT2D eigenvalue weighted by Crippen LogP contribution is -2.04. The Balaban J connectivity index is 3.07. The zero-order chi connectivity index (χ0) is 9.84. The van der Waals surface area contributed by atoms with Gasteiger partial charge in [0.2, 0.25) is 0 Å². The first-order valence-corrected chi connectivity index (χ1v) is 3.92. The number of hydrogen-bond donors (Lipinski definition) is 0. The summed E-state index contributed by atoms with van der Waals surface area (Å²) in [6, 6.07) is 3.95. The van der Waals surface area contributed by atoms with Gasteiger partial charge in [-0.1, -0.05) is 0 Å². The van der Waals surface area contributed by atoms with E-state index in [1.165, 1.54) is 0 Å². The standard InChI is InChI=1S/C9H12N4/c1-12(2)7-8(6-10)9-4-5-11-13(9)3/h4-5,7H,1-3H3. The first kappa shape index (κ1) is 9.33. The number of aryl methyl sites for hydroxylation is 1. The summed E-state index contributed by atoms with van der Waals surface area (Å²) in [5.41, 5.74) is 1.45. The topological polar surface area (TPSA) is 44.9 Å². The van der Waals surface area contributed by atoms with Crippen LogP contribution in [0.15, 0.2) is 18.5 Å². The van der Waals surface area contributed by atoms with Crippen LogP contribution in [0.3, 0.4) is 0 Å². The summed E-state index contributed by atoms with van der Waals surface area (Å²) in [6.07, 6.45) is 3.45. The van der Waals surface area contributed by atoms with Gasteiger partial charge in [0, 0.05) is 33.5 Å². The Morgan fingerprint density at radius 3 is 2.77 bits per heavy atom. The maximum atomic E-state index is 8.89. The Labute approximate surface area is 77.7 Å². The molecule has 0 aliphatic carbocycles. The van der Waals surface area contributed by atoms with Crippen LogP contribution in [0.2, 0.25) is 0 Å². The van der Waals surface area contributed by atoms with Crippen molar-refractivity contribution in [2.24, 2.45) is 7.05 Å². The summed E-state index contributed by atoms with van der Waals surface area (Å²) in [4.78, 5) is 1.84. The van der Waals surface area contributed by atoms with E-state index in [4.69, 9.17) is 5.26 Å². The van der Waals surface area contributed by atoms with Crippen molar-refractivity contribution in [1.82, 2.24) is 14.7 Å². The number of nitrogens with zero attached hydrogens (tertiary/aromatic N) is 4. The smallest absolute Gasteiger partial charge is 0.103 e. The molecule has 68 valence electrons. The normalized spacial score (nSPS) is 11.1. The summed E-state index contributed by atoms with van der Waals surface area (Å²) in [6.45, 7) is 0. The molecule has 0 bridgehead atoms. The fourth-order valence-corrected chi connectivity index (χ4v) is 1.05. The lowest BCUT2D eigenvalue weighted by Gasteiger charge is -2.06. The Hall–Kier alpha value is -1.76. The van der Waals surface area contributed by atoms with Gasteiger partial charge in [0.15, 0.2) is 0 Å². The number of hydrogen-bond acceptors (Lipinski definition) is 3. The molecule has 0 aromatic carbocycles. The highest BCUT2D eigenvalue weighted by atomic mass is 15.3. The van der Waals surface area contributed by atoms with E-state index < -0.39 is 0 Å². The molecule has 1 aromatic rings. The molecule has 4 nitrogen and oxygen atoms in total. The molecular formula is C9H12N4. The molecule has 0 N–H and O–H groups in total. The van der Waals surface area contributed by atoms with Gasteiger partial charge in [-0.05, 0) is 6.07 Å². The zero-order valence-corrected chi connectivity index (χ0v) is 8.02. The SMILES string of the molecule is CN(C)C=C(C#N)c1ccnn1C. The van der Waals surface area contributed by atoms with Crippen LogP contribution in [0.1, 0.15) is 5.69 Å². The van der Waals surface area contributed by atoms with Crippen LogP contribution in [-0.2, 0) is 7.05 Å². The van der Waals surface area contributed by atoms with Crippen LogP contribution in [-0.4, -0.2) is 28.8 Å². The van der Waals surface area contributed by atoms with E-state index in [-0.39, 0.29) is 0 Å². The second-order valence-corrected chi connectivity index (χ2v) is 2.96.